The first-order valence-electron chi connectivity index (χ1n) is 4.63. The molecule has 0 unspecified atom stereocenters. The first kappa shape index (κ1) is 11.4. The molecule has 0 saturated carbocycles. The molecular formula is C11H10FNOS2. The summed E-state index contributed by atoms with van der Waals surface area (Å²) in [5, 5.41) is 2.66. The van der Waals surface area contributed by atoms with Gasteiger partial charge in [0, 0.05) is 11.1 Å². The van der Waals surface area contributed by atoms with Gasteiger partial charge in [-0.05, 0) is 18.2 Å². The van der Waals surface area contributed by atoms with E-state index in [9.17, 15) is 4.39 Å². The number of thiazole rings is 1. The second-order valence-corrected chi connectivity index (χ2v) is 4.32. The molecule has 0 aliphatic heterocycles. The standard InChI is InChI=1S/C11H10FNOS2/c1-14-10-3-2-7(12)4-9(10)11-13-8(5-15)6-16-11/h2-4,6,15H,5H2,1H3. The van der Waals surface area contributed by atoms with E-state index < -0.39 is 0 Å². The van der Waals surface area contributed by atoms with E-state index >= 15 is 0 Å². The van der Waals surface area contributed by atoms with Gasteiger partial charge < -0.3 is 4.74 Å². The highest BCUT2D eigenvalue weighted by atomic mass is 32.1. The van der Waals surface area contributed by atoms with Crippen LogP contribution in [-0.2, 0) is 5.75 Å². The Labute approximate surface area is 103 Å². The van der Waals surface area contributed by atoms with E-state index in [1.807, 2.05) is 5.38 Å². The first-order valence-corrected chi connectivity index (χ1v) is 6.15. The van der Waals surface area contributed by atoms with Crippen LogP contribution in [0.15, 0.2) is 23.6 Å². The molecule has 0 fully saturated rings. The summed E-state index contributed by atoms with van der Waals surface area (Å²) < 4.78 is 18.3. The van der Waals surface area contributed by atoms with E-state index in [1.165, 1.54) is 23.5 Å². The molecule has 0 atom stereocenters. The molecule has 16 heavy (non-hydrogen) atoms. The van der Waals surface area contributed by atoms with Gasteiger partial charge in [-0.25, -0.2) is 9.37 Å². The van der Waals surface area contributed by atoms with E-state index in [4.69, 9.17) is 4.74 Å². The van der Waals surface area contributed by atoms with E-state index in [0.29, 0.717) is 17.1 Å². The third-order valence-electron chi connectivity index (χ3n) is 2.11. The Bertz CT molecular complexity index is 498. The minimum absolute atomic E-state index is 0.293. The molecular weight excluding hydrogens is 245 g/mol. The van der Waals surface area contributed by atoms with Crippen LogP contribution < -0.4 is 4.74 Å². The first-order chi connectivity index (χ1) is 7.74. The molecule has 2 nitrogen and oxygen atoms in total. The number of rotatable bonds is 3. The van der Waals surface area contributed by atoms with Gasteiger partial charge in [0.15, 0.2) is 0 Å². The highest BCUT2D eigenvalue weighted by molar-refractivity contribution is 7.79. The quantitative estimate of drug-likeness (QED) is 0.849. The van der Waals surface area contributed by atoms with Crippen LogP contribution in [0.3, 0.4) is 0 Å². The zero-order valence-corrected chi connectivity index (χ0v) is 10.3. The van der Waals surface area contributed by atoms with Gasteiger partial charge in [-0.15, -0.1) is 11.3 Å². The van der Waals surface area contributed by atoms with E-state index in [-0.39, 0.29) is 5.82 Å². The number of aromatic nitrogens is 1. The van der Waals surface area contributed by atoms with Crippen molar-refractivity contribution >= 4 is 24.0 Å². The average Bonchev–Trinajstić information content (AvgIpc) is 2.77. The Balaban J connectivity index is 2.49. The van der Waals surface area contributed by atoms with Crippen LogP contribution in [0.4, 0.5) is 4.39 Å². The molecule has 84 valence electrons. The summed E-state index contributed by atoms with van der Waals surface area (Å²) in [6.45, 7) is 0. The van der Waals surface area contributed by atoms with Crippen molar-refractivity contribution in [2.24, 2.45) is 0 Å². The van der Waals surface area contributed by atoms with Gasteiger partial charge in [0.25, 0.3) is 0 Å². The smallest absolute Gasteiger partial charge is 0.129 e. The molecule has 0 bridgehead atoms. The third kappa shape index (κ3) is 2.20. The van der Waals surface area contributed by atoms with Crippen LogP contribution in [0.1, 0.15) is 5.69 Å². The number of benzene rings is 1. The summed E-state index contributed by atoms with van der Waals surface area (Å²) in [7, 11) is 1.56. The predicted octanol–water partition coefficient (Wildman–Crippen LogP) is 3.39. The maximum atomic E-state index is 13.2. The second kappa shape index (κ2) is 4.84. The van der Waals surface area contributed by atoms with Crippen molar-refractivity contribution in [3.8, 4) is 16.3 Å². The lowest BCUT2D eigenvalue weighted by Gasteiger charge is -2.05. The number of thiol groups is 1. The molecule has 5 heteroatoms. The summed E-state index contributed by atoms with van der Waals surface area (Å²) in [6, 6.07) is 4.40. The minimum Gasteiger partial charge on any atom is -0.496 e. The normalized spacial score (nSPS) is 10.4. The Morgan fingerprint density at radius 2 is 2.31 bits per heavy atom. The second-order valence-electron chi connectivity index (χ2n) is 3.15. The summed E-state index contributed by atoms with van der Waals surface area (Å²) in [6.07, 6.45) is 0. The Morgan fingerprint density at radius 3 is 2.94 bits per heavy atom. The van der Waals surface area contributed by atoms with Crippen molar-refractivity contribution in [1.29, 1.82) is 0 Å². The maximum Gasteiger partial charge on any atom is 0.129 e. The van der Waals surface area contributed by atoms with Crippen molar-refractivity contribution in [3.63, 3.8) is 0 Å². The Hall–Kier alpha value is -1.07. The van der Waals surface area contributed by atoms with Gasteiger partial charge in [0.2, 0.25) is 0 Å². The number of hydrogen-bond acceptors (Lipinski definition) is 4. The molecule has 0 radical (unpaired) electrons. The summed E-state index contributed by atoms with van der Waals surface area (Å²) in [5.74, 6) is 0.911. The Morgan fingerprint density at radius 1 is 1.50 bits per heavy atom. The molecule has 0 saturated heterocycles. The molecule has 2 rings (SSSR count). The van der Waals surface area contributed by atoms with Gasteiger partial charge in [-0.3, -0.25) is 0 Å². The van der Waals surface area contributed by atoms with Gasteiger partial charge in [0.1, 0.15) is 16.6 Å². The number of hydrogen-bond donors (Lipinski definition) is 1. The zero-order chi connectivity index (χ0) is 11.5. The van der Waals surface area contributed by atoms with Gasteiger partial charge >= 0.3 is 0 Å². The van der Waals surface area contributed by atoms with E-state index in [1.54, 1.807) is 13.2 Å². The molecule has 0 aliphatic carbocycles. The lowest BCUT2D eigenvalue weighted by Crippen LogP contribution is -1.89. The van der Waals surface area contributed by atoms with Crippen molar-refractivity contribution in [2.45, 2.75) is 5.75 Å². The number of ether oxygens (including phenoxy) is 1. The Kier molecular flexibility index (Phi) is 3.46. The monoisotopic (exact) mass is 255 g/mol. The summed E-state index contributed by atoms with van der Waals surface area (Å²) >= 11 is 5.60. The molecule has 0 spiro atoms. The van der Waals surface area contributed by atoms with Gasteiger partial charge in [-0.1, -0.05) is 0 Å². The van der Waals surface area contributed by atoms with Crippen LogP contribution in [-0.4, -0.2) is 12.1 Å². The van der Waals surface area contributed by atoms with Crippen LogP contribution in [0.5, 0.6) is 5.75 Å². The van der Waals surface area contributed by atoms with Crippen molar-refractivity contribution < 1.29 is 9.13 Å². The third-order valence-corrected chi connectivity index (χ3v) is 3.35. The SMILES string of the molecule is COc1ccc(F)cc1-c1nc(CS)cs1. The van der Waals surface area contributed by atoms with Crippen LogP contribution >= 0.6 is 24.0 Å². The molecule has 1 aromatic carbocycles. The molecule has 0 amide bonds. The predicted molar refractivity (Wildman–Crippen MR) is 66.8 cm³/mol. The van der Waals surface area contributed by atoms with Crippen LogP contribution in [0.2, 0.25) is 0 Å². The maximum absolute atomic E-state index is 13.2. The van der Waals surface area contributed by atoms with Gasteiger partial charge in [0.05, 0.1) is 18.4 Å². The molecule has 1 heterocycles. The number of halogens is 1. The van der Waals surface area contributed by atoms with Crippen LogP contribution in [0, 0.1) is 5.82 Å². The van der Waals surface area contributed by atoms with Crippen LogP contribution in [0.25, 0.3) is 10.6 Å². The highest BCUT2D eigenvalue weighted by Crippen LogP contribution is 2.32. The molecule has 0 N–H and O–H groups in total. The largest absolute Gasteiger partial charge is 0.496 e. The average molecular weight is 255 g/mol. The number of methoxy groups -OCH3 is 1. The lowest BCUT2D eigenvalue weighted by molar-refractivity contribution is 0.415. The minimum atomic E-state index is -0.293. The van der Waals surface area contributed by atoms with Crippen molar-refractivity contribution in [3.05, 3.63) is 35.1 Å². The fourth-order valence-electron chi connectivity index (χ4n) is 1.35. The highest BCUT2D eigenvalue weighted by Gasteiger charge is 2.10. The molecule has 2 aromatic rings. The number of nitrogens with zero attached hydrogens (tertiary/aromatic N) is 1. The van der Waals surface area contributed by atoms with Gasteiger partial charge in [-0.2, -0.15) is 12.6 Å². The van der Waals surface area contributed by atoms with E-state index in [2.05, 4.69) is 17.6 Å². The molecule has 1 aromatic heterocycles. The molecule has 0 aliphatic rings. The fourth-order valence-corrected chi connectivity index (χ4v) is 2.48. The van der Waals surface area contributed by atoms with Crippen molar-refractivity contribution in [2.75, 3.05) is 7.11 Å². The summed E-state index contributed by atoms with van der Waals surface area (Å²) in [5.41, 5.74) is 1.56. The summed E-state index contributed by atoms with van der Waals surface area (Å²) in [4.78, 5) is 4.34. The topological polar surface area (TPSA) is 22.1 Å². The van der Waals surface area contributed by atoms with Crippen molar-refractivity contribution in [1.82, 2.24) is 4.98 Å². The zero-order valence-electron chi connectivity index (χ0n) is 8.61. The fraction of sp³-hybridized carbons (Fsp3) is 0.182. The van der Waals surface area contributed by atoms with E-state index in [0.717, 1.165) is 10.7 Å². The lowest BCUT2D eigenvalue weighted by atomic mass is 10.2.